The Kier molecular flexibility index (Phi) is 11.0. The Bertz CT molecular complexity index is 1850. The van der Waals surface area contributed by atoms with E-state index in [1.807, 2.05) is 0 Å². The monoisotopic (exact) mass is 697 g/mol. The Hall–Kier alpha value is -6.09. The molecule has 0 aliphatic heterocycles. The molecule has 0 saturated heterocycles. The van der Waals surface area contributed by atoms with Gasteiger partial charge in [0.05, 0.1) is 0 Å². The topological polar surface area (TPSA) is 161 Å². The van der Waals surface area contributed by atoms with Gasteiger partial charge in [-0.1, -0.05) is 4.52 Å². The fourth-order valence-electron chi connectivity index (χ4n) is 4.00. The van der Waals surface area contributed by atoms with Crippen molar-refractivity contribution in [2.24, 2.45) is 4.52 Å². The maximum Gasteiger partial charge on any atom is 0.570 e. The highest BCUT2D eigenvalue weighted by molar-refractivity contribution is 7.64. The summed E-state index contributed by atoms with van der Waals surface area (Å²) in [6.07, 6.45) is 3.14. The minimum atomic E-state index is -4.83. The van der Waals surface area contributed by atoms with Crippen molar-refractivity contribution in [1.29, 1.82) is 0 Å². The van der Waals surface area contributed by atoms with Crippen LogP contribution in [0.2, 0.25) is 0 Å². The summed E-state index contributed by atoms with van der Waals surface area (Å²) in [5, 5.41) is 0. The smallest absolute Gasteiger partial charge is 0.401 e. The van der Waals surface area contributed by atoms with Crippen LogP contribution in [0.5, 0.6) is 28.7 Å². The van der Waals surface area contributed by atoms with Crippen LogP contribution >= 0.6 is 15.5 Å². The van der Waals surface area contributed by atoms with Crippen LogP contribution in [0, 0.1) is 0 Å². The molecular weight excluding hydrogens is 672 g/mol. The zero-order valence-corrected chi connectivity index (χ0v) is 27.1. The quantitative estimate of drug-likeness (QED) is 0.0718. The van der Waals surface area contributed by atoms with Gasteiger partial charge in [0.15, 0.2) is 0 Å². The molecule has 0 aromatic heterocycles. The van der Waals surface area contributed by atoms with Gasteiger partial charge < -0.3 is 22.6 Å². The molecule has 0 unspecified atom stereocenters. The molecule has 5 rings (SSSR count). The fourth-order valence-corrected chi connectivity index (χ4v) is 7.90. The summed E-state index contributed by atoms with van der Waals surface area (Å²) in [7, 11) is -9.26. The molecule has 0 heterocycles. The van der Waals surface area contributed by atoms with Gasteiger partial charge in [-0.3, -0.25) is 24.0 Å². The van der Waals surface area contributed by atoms with Crippen molar-refractivity contribution in [3.8, 4) is 28.7 Å². The molecule has 246 valence electrons. The van der Waals surface area contributed by atoms with E-state index in [9.17, 15) is 28.5 Å². The maximum absolute atomic E-state index is 14.8. The molecule has 49 heavy (non-hydrogen) atoms. The van der Waals surface area contributed by atoms with Gasteiger partial charge in [0.2, 0.25) is 0 Å². The molecule has 0 amide bonds. The van der Waals surface area contributed by atoms with Crippen LogP contribution in [0.25, 0.3) is 0 Å². The zero-order valence-electron chi connectivity index (χ0n) is 25.3. The van der Waals surface area contributed by atoms with E-state index in [2.05, 4.69) is 4.52 Å². The normalized spacial score (nSPS) is 10.9. The first-order valence-corrected chi connectivity index (χ1v) is 17.2. The van der Waals surface area contributed by atoms with E-state index < -0.39 is 15.5 Å². The maximum atomic E-state index is 14.8. The lowest BCUT2D eigenvalue weighted by Crippen LogP contribution is -2.10. The van der Waals surface area contributed by atoms with Gasteiger partial charge >= 0.3 is 15.5 Å². The van der Waals surface area contributed by atoms with E-state index in [4.69, 9.17) is 22.6 Å². The molecule has 0 bridgehead atoms. The number of aldehydes is 5. The minimum absolute atomic E-state index is 0.0127. The number of hydrogen-bond acceptors (Lipinski definition) is 11. The molecule has 5 aromatic carbocycles. The van der Waals surface area contributed by atoms with Crippen LogP contribution in [-0.4, -0.2) is 31.4 Å². The van der Waals surface area contributed by atoms with Gasteiger partial charge in [0.25, 0.3) is 0 Å². The largest absolute Gasteiger partial charge is 0.570 e. The highest BCUT2D eigenvalue weighted by atomic mass is 31.2. The van der Waals surface area contributed by atoms with Gasteiger partial charge in [-0.25, -0.2) is 4.57 Å². The molecule has 5 aromatic rings. The number of benzene rings is 5. The van der Waals surface area contributed by atoms with Crippen molar-refractivity contribution in [3.05, 3.63) is 149 Å². The minimum Gasteiger partial charge on any atom is -0.401 e. The van der Waals surface area contributed by atoms with Crippen LogP contribution in [0.1, 0.15) is 51.8 Å². The summed E-state index contributed by atoms with van der Waals surface area (Å²) in [5.41, 5.74) is 1.63. The van der Waals surface area contributed by atoms with E-state index in [1.54, 1.807) is 0 Å². The molecule has 0 radical (unpaired) electrons. The molecule has 0 saturated carbocycles. The van der Waals surface area contributed by atoms with Crippen molar-refractivity contribution < 1.29 is 51.2 Å². The van der Waals surface area contributed by atoms with Gasteiger partial charge in [-0.15, -0.1) is 0 Å². The van der Waals surface area contributed by atoms with Crippen molar-refractivity contribution in [1.82, 2.24) is 0 Å². The number of nitrogens with zero attached hydrogens (tertiary/aromatic N) is 1. The second-order valence-electron chi connectivity index (χ2n) is 9.92. The van der Waals surface area contributed by atoms with Crippen LogP contribution in [0.3, 0.4) is 0 Å². The van der Waals surface area contributed by atoms with Crippen LogP contribution < -0.4 is 22.6 Å². The Morgan fingerprint density at radius 2 is 0.551 bits per heavy atom. The first-order valence-electron chi connectivity index (χ1n) is 14.2. The van der Waals surface area contributed by atoms with Crippen molar-refractivity contribution >= 4 is 46.9 Å². The lowest BCUT2D eigenvalue weighted by molar-refractivity contribution is 0.111. The molecule has 0 atom stereocenters. The number of rotatable bonds is 16. The first-order chi connectivity index (χ1) is 23.8. The second kappa shape index (κ2) is 15.7. The van der Waals surface area contributed by atoms with E-state index in [1.165, 1.54) is 121 Å². The standard InChI is InChI=1S/C35H25NO11P2/c37-21-26-1-11-31(12-2-26)43-48(42,44-32-13-3-27(22-38)4-14-32)36-49(45-33-15-5-28(23-39)6-16-33,46-34-17-7-29(24-40)8-18-34)47-35-19-9-30(25-41)10-20-35/h1-25H. The third-order valence-electron chi connectivity index (χ3n) is 6.40. The summed E-state index contributed by atoms with van der Waals surface area (Å²) in [6.45, 7) is 0. The number of carbonyl (C=O) groups excluding carboxylic acids is 5. The third-order valence-corrected chi connectivity index (χ3v) is 10.4. The van der Waals surface area contributed by atoms with Gasteiger partial charge in [-0.2, -0.15) is 0 Å². The van der Waals surface area contributed by atoms with Crippen molar-refractivity contribution in [2.45, 2.75) is 0 Å². The molecule has 0 fully saturated rings. The number of carbonyl (C=O) groups is 5. The molecule has 0 aliphatic rings. The average molecular weight is 698 g/mol. The van der Waals surface area contributed by atoms with Crippen LogP contribution in [0.15, 0.2) is 126 Å². The fraction of sp³-hybridized carbons (Fsp3) is 0. The summed E-state index contributed by atoms with van der Waals surface area (Å²) in [6, 6.07) is 28.6. The van der Waals surface area contributed by atoms with Crippen molar-refractivity contribution in [3.63, 3.8) is 0 Å². The van der Waals surface area contributed by atoms with Gasteiger partial charge in [-0.05, 0) is 121 Å². The average Bonchev–Trinajstić information content (AvgIpc) is 3.13. The lowest BCUT2D eigenvalue weighted by Gasteiger charge is -2.26. The molecule has 12 nitrogen and oxygen atoms in total. The summed E-state index contributed by atoms with van der Waals surface area (Å²) in [4.78, 5) is 56.6. The summed E-state index contributed by atoms with van der Waals surface area (Å²) < 4.78 is 49.9. The molecule has 0 N–H and O–H groups in total. The molecular formula is C35H25NO11P2. The van der Waals surface area contributed by atoms with E-state index >= 15 is 0 Å². The Labute approximate surface area is 280 Å². The van der Waals surface area contributed by atoms with Gasteiger partial charge in [0, 0.05) is 27.8 Å². The molecule has 14 heteroatoms. The summed E-state index contributed by atoms with van der Waals surface area (Å²) >= 11 is 0. The Morgan fingerprint density at radius 1 is 0.347 bits per heavy atom. The number of hydrogen-bond donors (Lipinski definition) is 0. The third kappa shape index (κ3) is 9.26. The Morgan fingerprint density at radius 3 is 0.755 bits per heavy atom. The highest BCUT2D eigenvalue weighted by Gasteiger charge is 2.41. The van der Waals surface area contributed by atoms with Crippen LogP contribution in [-0.2, 0) is 4.57 Å². The Balaban J connectivity index is 1.73. The van der Waals surface area contributed by atoms with E-state index in [-0.39, 0.29) is 28.7 Å². The predicted octanol–water partition coefficient (Wildman–Crippen LogP) is 8.50. The lowest BCUT2D eigenvalue weighted by atomic mass is 10.2. The molecule has 0 aliphatic carbocycles. The zero-order chi connectivity index (χ0) is 34.7. The van der Waals surface area contributed by atoms with E-state index in [0.29, 0.717) is 59.2 Å². The first kappa shape index (κ1) is 34.3. The van der Waals surface area contributed by atoms with Crippen molar-refractivity contribution in [2.75, 3.05) is 0 Å². The van der Waals surface area contributed by atoms with Crippen LogP contribution in [0.4, 0.5) is 0 Å². The molecule has 0 spiro atoms. The van der Waals surface area contributed by atoms with Gasteiger partial charge in [0.1, 0.15) is 60.2 Å². The van der Waals surface area contributed by atoms with E-state index in [0.717, 1.165) is 0 Å². The second-order valence-corrected chi connectivity index (χ2v) is 13.4. The SMILES string of the molecule is O=Cc1ccc(OP(=O)(N=P(Oc2ccc(C=O)cc2)(Oc2ccc(C=O)cc2)Oc2ccc(C=O)cc2)Oc2ccc(C=O)cc2)cc1. The predicted molar refractivity (Wildman–Crippen MR) is 179 cm³/mol. The summed E-state index contributed by atoms with van der Waals surface area (Å²) in [5.74, 6) is 0.208. The highest BCUT2D eigenvalue weighted by Crippen LogP contribution is 2.63.